The van der Waals surface area contributed by atoms with Crippen LogP contribution >= 0.6 is 0 Å². The average molecular weight is 350 g/mol. The highest BCUT2D eigenvalue weighted by atomic mass is 28.3. The lowest BCUT2D eigenvalue weighted by Gasteiger charge is -2.39. The van der Waals surface area contributed by atoms with Gasteiger partial charge in [0.25, 0.3) is 0 Å². The zero-order valence-corrected chi connectivity index (χ0v) is 15.3. The Balaban J connectivity index is 1.97. The summed E-state index contributed by atoms with van der Waals surface area (Å²) in [7, 11) is -2.40. The zero-order valence-electron chi connectivity index (χ0n) is 14.3. The first-order valence-electron chi connectivity index (χ1n) is 8.88. The van der Waals surface area contributed by atoms with Crippen LogP contribution in [0, 0.1) is 0 Å². The van der Waals surface area contributed by atoms with Gasteiger partial charge < -0.3 is 4.74 Å². The largest absolute Gasteiger partial charge is 0.458 e. The molecule has 1 aliphatic heterocycles. The highest BCUT2D eigenvalue weighted by Crippen LogP contribution is 2.28. The fourth-order valence-electron chi connectivity index (χ4n) is 4.16. The Morgan fingerprint density at radius 2 is 0.808 bits per heavy atom. The van der Waals surface area contributed by atoms with Crippen molar-refractivity contribution in [3.63, 3.8) is 0 Å². The van der Waals surface area contributed by atoms with Gasteiger partial charge in [-0.1, -0.05) is 97.1 Å². The van der Waals surface area contributed by atoms with Crippen molar-refractivity contribution in [2.24, 2.45) is 0 Å². The molecule has 0 amide bonds. The van der Waals surface area contributed by atoms with E-state index in [0.29, 0.717) is 0 Å². The number of hydrogen-bond donors (Lipinski definition) is 0. The smallest absolute Gasteiger partial charge is 0.188 e. The van der Waals surface area contributed by atoms with Crippen LogP contribution in [0.4, 0.5) is 0 Å². The van der Waals surface area contributed by atoms with Gasteiger partial charge in [0.15, 0.2) is 8.07 Å². The van der Waals surface area contributed by atoms with Gasteiger partial charge in [-0.15, -0.1) is 0 Å². The normalized spacial score (nSPS) is 14.0. The van der Waals surface area contributed by atoms with E-state index < -0.39 is 8.07 Å². The first-order chi connectivity index (χ1) is 12.9. The van der Waals surface area contributed by atoms with Crippen LogP contribution in [0.3, 0.4) is 0 Å². The molecule has 0 unspecified atom stereocenters. The molecule has 0 aliphatic carbocycles. The molecule has 4 aromatic carbocycles. The summed E-state index contributed by atoms with van der Waals surface area (Å²) in [4.78, 5) is 0. The molecule has 0 atom stereocenters. The summed E-state index contributed by atoms with van der Waals surface area (Å²) in [5.74, 6) is 1.95. The summed E-state index contributed by atoms with van der Waals surface area (Å²) in [6.07, 6.45) is 0. The molecule has 1 heterocycles. The van der Waals surface area contributed by atoms with Crippen molar-refractivity contribution in [3.05, 3.63) is 109 Å². The molecule has 0 aromatic heterocycles. The summed E-state index contributed by atoms with van der Waals surface area (Å²) in [5, 5.41) is 5.40. The van der Waals surface area contributed by atoms with Crippen LogP contribution in [0.15, 0.2) is 109 Å². The Labute approximate surface area is 154 Å². The van der Waals surface area contributed by atoms with Gasteiger partial charge in [-0.05, 0) is 32.9 Å². The van der Waals surface area contributed by atoms with Crippen LogP contribution in [0.2, 0.25) is 0 Å². The first kappa shape index (κ1) is 15.2. The van der Waals surface area contributed by atoms with Gasteiger partial charge in [0.1, 0.15) is 11.5 Å². The van der Waals surface area contributed by atoms with E-state index in [9.17, 15) is 0 Å². The topological polar surface area (TPSA) is 9.23 Å². The van der Waals surface area contributed by atoms with E-state index in [1.54, 1.807) is 0 Å². The quantitative estimate of drug-likeness (QED) is 0.444. The summed E-state index contributed by atoms with van der Waals surface area (Å²) < 4.78 is 6.31. The summed E-state index contributed by atoms with van der Waals surface area (Å²) >= 11 is 0. The van der Waals surface area contributed by atoms with Crippen LogP contribution in [0.25, 0.3) is 0 Å². The molecule has 2 heteroatoms. The van der Waals surface area contributed by atoms with E-state index >= 15 is 0 Å². The van der Waals surface area contributed by atoms with Crippen LogP contribution in [0.1, 0.15) is 0 Å². The molecule has 1 nitrogen and oxygen atoms in total. The molecule has 0 fully saturated rings. The molecule has 26 heavy (non-hydrogen) atoms. The molecule has 0 saturated carbocycles. The molecule has 1 aliphatic rings. The Kier molecular flexibility index (Phi) is 3.51. The van der Waals surface area contributed by atoms with Gasteiger partial charge in [-0.25, -0.2) is 0 Å². The summed E-state index contributed by atoms with van der Waals surface area (Å²) in [6, 6.07) is 38.9. The molecule has 124 valence electrons. The second-order valence-corrected chi connectivity index (χ2v) is 10.3. The summed E-state index contributed by atoms with van der Waals surface area (Å²) in [5.41, 5.74) is 0. The van der Waals surface area contributed by atoms with E-state index in [0.717, 1.165) is 11.5 Å². The van der Waals surface area contributed by atoms with Crippen molar-refractivity contribution in [3.8, 4) is 11.5 Å². The Morgan fingerprint density at radius 3 is 1.27 bits per heavy atom. The second kappa shape index (κ2) is 6.01. The molecule has 0 spiro atoms. The molecular formula is C24H18OSi. The van der Waals surface area contributed by atoms with Gasteiger partial charge in [-0.2, -0.15) is 0 Å². The predicted octanol–water partition coefficient (Wildman–Crippen LogP) is 3.17. The maximum atomic E-state index is 6.31. The van der Waals surface area contributed by atoms with Crippen LogP contribution in [-0.4, -0.2) is 8.07 Å². The van der Waals surface area contributed by atoms with Gasteiger partial charge in [-0.3, -0.25) is 0 Å². The third-order valence-corrected chi connectivity index (χ3v) is 10.1. The first-order valence-corrected chi connectivity index (χ1v) is 10.9. The predicted molar refractivity (Wildman–Crippen MR) is 110 cm³/mol. The minimum absolute atomic E-state index is 0.977. The van der Waals surface area contributed by atoms with Crippen molar-refractivity contribution in [1.82, 2.24) is 0 Å². The Morgan fingerprint density at radius 1 is 0.423 bits per heavy atom. The zero-order chi connectivity index (χ0) is 17.4. The number of benzene rings is 4. The lowest BCUT2D eigenvalue weighted by atomic mass is 10.3. The van der Waals surface area contributed by atoms with Crippen LogP contribution < -0.4 is 25.5 Å². The van der Waals surface area contributed by atoms with Crippen molar-refractivity contribution < 1.29 is 4.74 Å². The van der Waals surface area contributed by atoms with Crippen molar-refractivity contribution in [2.75, 3.05) is 0 Å². The highest BCUT2D eigenvalue weighted by molar-refractivity contribution is 7.20. The molecule has 0 saturated heterocycles. The number of para-hydroxylation sites is 2. The minimum atomic E-state index is -2.40. The molecule has 5 rings (SSSR count). The number of ether oxygens (including phenoxy) is 1. The average Bonchev–Trinajstić information content (AvgIpc) is 2.73. The lowest BCUT2D eigenvalue weighted by Crippen LogP contribution is -2.76. The standard InChI is InChI=1S/C24H18OSi/c1-3-11-19(12-4-1)26(20-13-5-2-6-14-20)23-17-9-7-15-21(23)25-22-16-8-10-18-24(22)26/h1-18H. The molecule has 0 bridgehead atoms. The minimum Gasteiger partial charge on any atom is -0.458 e. The van der Waals surface area contributed by atoms with E-state index in [2.05, 4.69) is 109 Å². The number of hydrogen-bond acceptors (Lipinski definition) is 1. The van der Waals surface area contributed by atoms with E-state index in [4.69, 9.17) is 4.74 Å². The highest BCUT2D eigenvalue weighted by Gasteiger charge is 2.47. The maximum absolute atomic E-state index is 6.31. The van der Waals surface area contributed by atoms with Gasteiger partial charge in [0.05, 0.1) is 0 Å². The van der Waals surface area contributed by atoms with E-state index in [-0.39, 0.29) is 0 Å². The van der Waals surface area contributed by atoms with Crippen LogP contribution in [0.5, 0.6) is 11.5 Å². The SMILES string of the molecule is c1ccc([Si]2(c3ccccc3)c3ccccc3Oc3ccccc32)cc1. The second-order valence-electron chi connectivity index (χ2n) is 6.58. The third-order valence-electron chi connectivity index (χ3n) is 5.22. The molecular weight excluding hydrogens is 332 g/mol. The maximum Gasteiger partial charge on any atom is 0.188 e. The van der Waals surface area contributed by atoms with Crippen molar-refractivity contribution in [1.29, 1.82) is 0 Å². The Hall–Kier alpha value is -3.10. The van der Waals surface area contributed by atoms with Gasteiger partial charge in [0, 0.05) is 0 Å². The monoisotopic (exact) mass is 350 g/mol. The molecule has 4 aromatic rings. The van der Waals surface area contributed by atoms with E-state index in [1.165, 1.54) is 20.7 Å². The Bertz CT molecular complexity index is 971. The van der Waals surface area contributed by atoms with Crippen molar-refractivity contribution in [2.45, 2.75) is 0 Å². The molecule has 0 radical (unpaired) electrons. The third kappa shape index (κ3) is 2.09. The van der Waals surface area contributed by atoms with Crippen molar-refractivity contribution >= 4 is 28.8 Å². The van der Waals surface area contributed by atoms with E-state index in [1.807, 2.05) is 0 Å². The molecule has 0 N–H and O–H groups in total. The van der Waals surface area contributed by atoms with Gasteiger partial charge >= 0.3 is 0 Å². The fourth-order valence-corrected chi connectivity index (χ4v) is 9.11. The summed E-state index contributed by atoms with van der Waals surface area (Å²) in [6.45, 7) is 0. The number of fused-ring (bicyclic) bond motifs is 2. The van der Waals surface area contributed by atoms with Crippen LogP contribution in [-0.2, 0) is 0 Å². The lowest BCUT2D eigenvalue weighted by molar-refractivity contribution is 0.487. The number of rotatable bonds is 2. The fraction of sp³-hybridized carbons (Fsp3) is 0. The van der Waals surface area contributed by atoms with Gasteiger partial charge in [0.2, 0.25) is 0 Å².